The lowest BCUT2D eigenvalue weighted by molar-refractivity contribution is 0.240. The smallest absolute Gasteiger partial charge is 0.0563 e. The highest BCUT2D eigenvalue weighted by Gasteiger charge is 2.24. The molecule has 0 saturated heterocycles. The first-order valence-corrected chi connectivity index (χ1v) is 4.59. The van der Waals surface area contributed by atoms with Crippen LogP contribution in [0.3, 0.4) is 0 Å². The minimum Gasteiger partial charge on any atom is -0.326 e. The van der Waals surface area contributed by atoms with Gasteiger partial charge in [0.05, 0.1) is 6.54 Å². The van der Waals surface area contributed by atoms with Gasteiger partial charge in [0, 0.05) is 18.4 Å². The van der Waals surface area contributed by atoms with Crippen LogP contribution in [-0.4, -0.2) is 15.8 Å². The summed E-state index contributed by atoms with van der Waals surface area (Å²) in [5.74, 6) is 0.745. The molecule has 0 aliphatic heterocycles. The molecule has 1 atom stereocenters. The van der Waals surface area contributed by atoms with Crippen LogP contribution in [0.5, 0.6) is 0 Å². The number of aromatic nitrogens is 2. The van der Waals surface area contributed by atoms with Gasteiger partial charge in [-0.25, -0.2) is 0 Å². The first-order chi connectivity index (χ1) is 5.86. The van der Waals surface area contributed by atoms with Gasteiger partial charge in [-0.05, 0) is 24.8 Å². The molecule has 1 unspecified atom stereocenters. The van der Waals surface area contributed by atoms with E-state index in [2.05, 4.69) is 5.10 Å². The topological polar surface area (TPSA) is 43.8 Å². The van der Waals surface area contributed by atoms with E-state index in [4.69, 9.17) is 5.73 Å². The van der Waals surface area contributed by atoms with Gasteiger partial charge in [0.15, 0.2) is 0 Å². The fourth-order valence-corrected chi connectivity index (χ4v) is 1.64. The summed E-state index contributed by atoms with van der Waals surface area (Å²) in [5.41, 5.74) is 6.01. The highest BCUT2D eigenvalue weighted by atomic mass is 15.3. The fourth-order valence-electron chi connectivity index (χ4n) is 1.64. The highest BCUT2D eigenvalue weighted by molar-refractivity contribution is 4.83. The highest BCUT2D eigenvalue weighted by Crippen LogP contribution is 2.28. The summed E-state index contributed by atoms with van der Waals surface area (Å²) in [6, 6.07) is 2.24. The van der Waals surface area contributed by atoms with Crippen molar-refractivity contribution in [2.75, 3.05) is 0 Å². The van der Waals surface area contributed by atoms with Crippen molar-refractivity contribution in [1.82, 2.24) is 9.78 Å². The molecular formula is C9H15N3. The lowest BCUT2D eigenvalue weighted by atomic mass is 9.80. The van der Waals surface area contributed by atoms with Crippen LogP contribution in [0, 0.1) is 5.92 Å². The Hall–Kier alpha value is -0.830. The molecule has 2 rings (SSSR count). The quantitative estimate of drug-likeness (QED) is 0.726. The molecule has 1 heterocycles. The van der Waals surface area contributed by atoms with Crippen molar-refractivity contribution in [2.45, 2.75) is 31.8 Å². The van der Waals surface area contributed by atoms with E-state index in [0.717, 1.165) is 12.5 Å². The fraction of sp³-hybridized carbons (Fsp3) is 0.667. The Labute approximate surface area is 72.6 Å². The van der Waals surface area contributed by atoms with E-state index < -0.39 is 0 Å². The first-order valence-electron chi connectivity index (χ1n) is 4.59. The standard InChI is InChI=1S/C9H15N3/c10-9(8-3-1-4-8)7-12-6-2-5-11-12/h2,5-6,8-9H,1,3-4,7,10H2. The molecule has 1 aromatic rings. The van der Waals surface area contributed by atoms with Crippen molar-refractivity contribution in [2.24, 2.45) is 11.7 Å². The molecule has 0 amide bonds. The monoisotopic (exact) mass is 165 g/mol. The second kappa shape index (κ2) is 3.27. The number of nitrogens with two attached hydrogens (primary N) is 1. The SMILES string of the molecule is NC(Cn1cccn1)C1CCC1. The van der Waals surface area contributed by atoms with Crippen molar-refractivity contribution in [3.05, 3.63) is 18.5 Å². The van der Waals surface area contributed by atoms with E-state index in [9.17, 15) is 0 Å². The van der Waals surface area contributed by atoms with Gasteiger partial charge in [0.2, 0.25) is 0 Å². The van der Waals surface area contributed by atoms with Crippen LogP contribution in [-0.2, 0) is 6.54 Å². The van der Waals surface area contributed by atoms with E-state index in [0.29, 0.717) is 6.04 Å². The van der Waals surface area contributed by atoms with E-state index >= 15 is 0 Å². The summed E-state index contributed by atoms with van der Waals surface area (Å²) < 4.78 is 1.92. The molecule has 1 aromatic heterocycles. The molecule has 1 fully saturated rings. The molecule has 3 heteroatoms. The van der Waals surface area contributed by atoms with Crippen LogP contribution in [0.15, 0.2) is 18.5 Å². The summed E-state index contributed by atoms with van der Waals surface area (Å²) >= 11 is 0. The van der Waals surface area contributed by atoms with Crippen molar-refractivity contribution in [3.63, 3.8) is 0 Å². The number of rotatable bonds is 3. The van der Waals surface area contributed by atoms with Gasteiger partial charge in [0.1, 0.15) is 0 Å². The van der Waals surface area contributed by atoms with Gasteiger partial charge >= 0.3 is 0 Å². The molecule has 66 valence electrons. The molecule has 1 aliphatic carbocycles. The Morgan fingerprint density at radius 1 is 1.58 bits per heavy atom. The predicted octanol–water partition coefficient (Wildman–Crippen LogP) is 1.01. The minimum atomic E-state index is 0.304. The van der Waals surface area contributed by atoms with Crippen LogP contribution in [0.25, 0.3) is 0 Å². The van der Waals surface area contributed by atoms with Crippen LogP contribution >= 0.6 is 0 Å². The molecule has 0 aromatic carbocycles. The predicted molar refractivity (Wildman–Crippen MR) is 47.5 cm³/mol. The molecule has 0 spiro atoms. The minimum absolute atomic E-state index is 0.304. The average molecular weight is 165 g/mol. The van der Waals surface area contributed by atoms with Crippen molar-refractivity contribution in [1.29, 1.82) is 0 Å². The molecule has 2 N–H and O–H groups in total. The van der Waals surface area contributed by atoms with E-state index in [1.165, 1.54) is 19.3 Å². The third-order valence-corrected chi connectivity index (χ3v) is 2.71. The largest absolute Gasteiger partial charge is 0.326 e. The zero-order chi connectivity index (χ0) is 8.39. The van der Waals surface area contributed by atoms with Crippen LogP contribution < -0.4 is 5.73 Å². The third-order valence-electron chi connectivity index (χ3n) is 2.71. The van der Waals surface area contributed by atoms with Crippen LogP contribution in [0.2, 0.25) is 0 Å². The molecular weight excluding hydrogens is 150 g/mol. The second-order valence-electron chi connectivity index (χ2n) is 3.58. The molecule has 3 nitrogen and oxygen atoms in total. The zero-order valence-corrected chi connectivity index (χ0v) is 7.19. The molecule has 1 aliphatic rings. The lowest BCUT2D eigenvalue weighted by Gasteiger charge is -2.31. The van der Waals surface area contributed by atoms with E-state index in [1.807, 2.05) is 16.9 Å². The van der Waals surface area contributed by atoms with Crippen molar-refractivity contribution < 1.29 is 0 Å². The third kappa shape index (κ3) is 1.50. The molecule has 12 heavy (non-hydrogen) atoms. The first kappa shape index (κ1) is 7.80. The molecule has 0 bridgehead atoms. The van der Waals surface area contributed by atoms with Gasteiger partial charge in [-0.1, -0.05) is 6.42 Å². The van der Waals surface area contributed by atoms with Gasteiger partial charge in [0.25, 0.3) is 0 Å². The maximum Gasteiger partial charge on any atom is 0.0563 e. The van der Waals surface area contributed by atoms with E-state index in [1.54, 1.807) is 6.20 Å². The number of hydrogen-bond acceptors (Lipinski definition) is 2. The zero-order valence-electron chi connectivity index (χ0n) is 7.19. The molecule has 1 saturated carbocycles. The van der Waals surface area contributed by atoms with Gasteiger partial charge in [-0.3, -0.25) is 4.68 Å². The summed E-state index contributed by atoms with van der Waals surface area (Å²) in [4.78, 5) is 0. The number of nitrogens with zero attached hydrogens (tertiary/aromatic N) is 2. The van der Waals surface area contributed by atoms with Crippen LogP contribution in [0.4, 0.5) is 0 Å². The summed E-state index contributed by atoms with van der Waals surface area (Å²) in [6.07, 6.45) is 7.74. The number of hydrogen-bond donors (Lipinski definition) is 1. The van der Waals surface area contributed by atoms with Gasteiger partial charge < -0.3 is 5.73 Å². The Morgan fingerprint density at radius 3 is 2.92 bits per heavy atom. The summed E-state index contributed by atoms with van der Waals surface area (Å²) in [7, 11) is 0. The van der Waals surface area contributed by atoms with E-state index in [-0.39, 0.29) is 0 Å². The summed E-state index contributed by atoms with van der Waals surface area (Å²) in [5, 5.41) is 4.13. The Morgan fingerprint density at radius 2 is 2.42 bits per heavy atom. The van der Waals surface area contributed by atoms with Crippen molar-refractivity contribution >= 4 is 0 Å². The van der Waals surface area contributed by atoms with Crippen molar-refractivity contribution in [3.8, 4) is 0 Å². The molecule has 0 radical (unpaired) electrons. The van der Waals surface area contributed by atoms with Gasteiger partial charge in [-0.2, -0.15) is 5.10 Å². The maximum atomic E-state index is 6.01. The lowest BCUT2D eigenvalue weighted by Crippen LogP contribution is -2.38. The van der Waals surface area contributed by atoms with Gasteiger partial charge in [-0.15, -0.1) is 0 Å². The Bertz CT molecular complexity index is 226. The second-order valence-corrected chi connectivity index (χ2v) is 3.58. The summed E-state index contributed by atoms with van der Waals surface area (Å²) in [6.45, 7) is 0.873. The van der Waals surface area contributed by atoms with Crippen LogP contribution in [0.1, 0.15) is 19.3 Å². The maximum absolute atomic E-state index is 6.01. The Balaban J connectivity index is 1.86. The average Bonchev–Trinajstić information content (AvgIpc) is 2.34. The normalized spacial score (nSPS) is 20.4. The Kier molecular flexibility index (Phi) is 2.13.